The van der Waals surface area contributed by atoms with Gasteiger partial charge in [-0.15, -0.1) is 0 Å². The number of rotatable bonds is 5. The summed E-state index contributed by atoms with van der Waals surface area (Å²) >= 11 is 3.23. The molecule has 0 heterocycles. The van der Waals surface area contributed by atoms with Crippen molar-refractivity contribution in [2.45, 2.75) is 50.9 Å². The molecule has 0 fully saturated rings. The molecule has 0 bridgehead atoms. The number of ether oxygens (including phenoxy) is 2. The first-order valence-corrected chi connectivity index (χ1v) is 7.52. The van der Waals surface area contributed by atoms with Gasteiger partial charge in [-0.2, -0.15) is 5.26 Å². The van der Waals surface area contributed by atoms with Gasteiger partial charge >= 0.3 is 18.0 Å². The molecule has 3 unspecified atom stereocenters. The second kappa shape index (κ2) is 10.2. The summed E-state index contributed by atoms with van der Waals surface area (Å²) in [6, 6.07) is 0.836. The lowest BCUT2D eigenvalue weighted by Crippen LogP contribution is -2.37. The average Bonchev–Trinajstić information content (AvgIpc) is 2.54. The van der Waals surface area contributed by atoms with E-state index in [1.807, 2.05) is 6.92 Å². The lowest BCUT2D eigenvalue weighted by molar-refractivity contribution is -0.152. The molecule has 0 saturated heterocycles. The summed E-state index contributed by atoms with van der Waals surface area (Å²) < 4.78 is 8.58. The highest BCUT2D eigenvalue weighted by Gasteiger charge is 2.46. The average molecular weight is 375 g/mol. The number of methoxy groups -OCH3 is 2. The molecular formula is C15H23BrN2O4. The summed E-state index contributed by atoms with van der Waals surface area (Å²) in [5, 5.41) is 8.67. The van der Waals surface area contributed by atoms with Crippen LogP contribution in [0.25, 0.3) is 4.85 Å². The zero-order valence-electron chi connectivity index (χ0n) is 13.9. The minimum atomic E-state index is -1.01. The van der Waals surface area contributed by atoms with Crippen molar-refractivity contribution in [1.82, 2.24) is 0 Å². The fourth-order valence-corrected chi connectivity index (χ4v) is 1.52. The molecule has 0 saturated carbocycles. The van der Waals surface area contributed by atoms with E-state index in [-0.39, 0.29) is 5.97 Å². The first-order chi connectivity index (χ1) is 10.1. The molecule has 124 valence electrons. The molecule has 6 nitrogen and oxygen atoms in total. The number of carbonyl (C=O) groups is 2. The van der Waals surface area contributed by atoms with Crippen LogP contribution < -0.4 is 0 Å². The Morgan fingerprint density at radius 1 is 1.23 bits per heavy atom. The van der Waals surface area contributed by atoms with Gasteiger partial charge in [-0.3, -0.25) is 14.4 Å². The van der Waals surface area contributed by atoms with Gasteiger partial charge in [0, 0.05) is 0 Å². The number of carbonyl (C=O) groups excluding carboxylic acids is 2. The van der Waals surface area contributed by atoms with Crippen LogP contribution in [0.5, 0.6) is 0 Å². The van der Waals surface area contributed by atoms with E-state index in [1.54, 1.807) is 26.8 Å². The molecule has 0 rings (SSSR count). The number of halogens is 1. The third-order valence-electron chi connectivity index (χ3n) is 3.52. The second-order valence-corrected chi connectivity index (χ2v) is 6.72. The SMILES string of the molecule is CCC(C)(Br)C(=O)OC.[C-]#[N+]C(C#N)C(C)(CC)C(=O)OC. The van der Waals surface area contributed by atoms with E-state index in [1.165, 1.54) is 14.2 Å². The van der Waals surface area contributed by atoms with Crippen LogP contribution in [0.3, 0.4) is 0 Å². The van der Waals surface area contributed by atoms with Crippen molar-refractivity contribution in [2.24, 2.45) is 5.41 Å². The van der Waals surface area contributed by atoms with Crippen molar-refractivity contribution in [1.29, 1.82) is 5.26 Å². The van der Waals surface area contributed by atoms with E-state index in [0.717, 1.165) is 6.42 Å². The van der Waals surface area contributed by atoms with Crippen molar-refractivity contribution in [3.63, 3.8) is 0 Å². The lowest BCUT2D eigenvalue weighted by Gasteiger charge is -2.21. The highest BCUT2D eigenvalue weighted by atomic mass is 79.9. The van der Waals surface area contributed by atoms with Crippen LogP contribution in [0.2, 0.25) is 0 Å². The van der Waals surface area contributed by atoms with Gasteiger partial charge in [-0.05, 0) is 26.7 Å². The molecule has 22 heavy (non-hydrogen) atoms. The van der Waals surface area contributed by atoms with Crippen molar-refractivity contribution in [2.75, 3.05) is 14.2 Å². The van der Waals surface area contributed by atoms with E-state index in [4.69, 9.17) is 11.8 Å². The third-order valence-corrected chi connectivity index (χ3v) is 4.40. The van der Waals surface area contributed by atoms with Crippen LogP contribution in [0.15, 0.2) is 0 Å². The van der Waals surface area contributed by atoms with Gasteiger partial charge in [0.05, 0.1) is 14.2 Å². The summed E-state index contributed by atoms with van der Waals surface area (Å²) in [6.45, 7) is 13.8. The Hall–Kier alpha value is -1.60. The van der Waals surface area contributed by atoms with Crippen molar-refractivity contribution >= 4 is 27.9 Å². The van der Waals surface area contributed by atoms with Crippen LogP contribution in [-0.4, -0.2) is 36.5 Å². The Bertz CT molecular complexity index is 451. The maximum Gasteiger partial charge on any atom is 0.322 e. The number of hydrogen-bond donors (Lipinski definition) is 0. The molecule has 0 aromatic heterocycles. The molecule has 0 amide bonds. The first-order valence-electron chi connectivity index (χ1n) is 6.73. The first kappa shape index (κ1) is 22.7. The normalized spacial score (nSPS) is 16.2. The molecule has 0 aromatic carbocycles. The van der Waals surface area contributed by atoms with Crippen LogP contribution in [0.1, 0.15) is 40.5 Å². The number of hydrogen-bond acceptors (Lipinski definition) is 5. The number of nitrogens with zero attached hydrogens (tertiary/aromatic N) is 2. The predicted molar refractivity (Wildman–Crippen MR) is 86.1 cm³/mol. The molecular weight excluding hydrogens is 352 g/mol. The monoisotopic (exact) mass is 374 g/mol. The van der Waals surface area contributed by atoms with Crippen LogP contribution in [0.4, 0.5) is 0 Å². The maximum absolute atomic E-state index is 11.3. The van der Waals surface area contributed by atoms with E-state index in [0.29, 0.717) is 6.42 Å². The summed E-state index contributed by atoms with van der Waals surface area (Å²) in [6.07, 6.45) is 1.15. The number of alkyl halides is 1. The molecule has 0 radical (unpaired) electrons. The van der Waals surface area contributed by atoms with E-state index in [9.17, 15) is 9.59 Å². The fraction of sp³-hybridized carbons (Fsp3) is 0.733. The molecule has 3 atom stereocenters. The van der Waals surface area contributed by atoms with Gasteiger partial charge in [0.1, 0.15) is 4.32 Å². The Morgan fingerprint density at radius 2 is 1.68 bits per heavy atom. The van der Waals surface area contributed by atoms with E-state index in [2.05, 4.69) is 30.2 Å². The fourth-order valence-electron chi connectivity index (χ4n) is 1.35. The van der Waals surface area contributed by atoms with Gasteiger partial charge in [-0.1, -0.05) is 29.8 Å². The Balaban J connectivity index is 0. The minimum Gasteiger partial charge on any atom is -0.468 e. The Labute approximate surface area is 140 Å². The quantitative estimate of drug-likeness (QED) is 0.419. The van der Waals surface area contributed by atoms with Crippen molar-refractivity contribution in [3.8, 4) is 6.07 Å². The summed E-state index contributed by atoms with van der Waals surface area (Å²) in [4.78, 5) is 25.2. The molecule has 7 heteroatoms. The van der Waals surface area contributed by atoms with Gasteiger partial charge in [0.25, 0.3) is 0 Å². The van der Waals surface area contributed by atoms with Gasteiger partial charge in [-0.25, -0.2) is 6.57 Å². The molecule has 0 aromatic rings. The summed E-state index contributed by atoms with van der Waals surface area (Å²) in [5.74, 6) is -0.720. The predicted octanol–water partition coefficient (Wildman–Crippen LogP) is 3.11. The smallest absolute Gasteiger partial charge is 0.322 e. The lowest BCUT2D eigenvalue weighted by atomic mass is 9.81. The van der Waals surface area contributed by atoms with Crippen LogP contribution in [-0.2, 0) is 19.1 Å². The number of nitriles is 1. The highest BCUT2D eigenvalue weighted by Crippen LogP contribution is 2.29. The van der Waals surface area contributed by atoms with E-state index >= 15 is 0 Å². The molecule has 0 aliphatic carbocycles. The van der Waals surface area contributed by atoms with Gasteiger partial charge < -0.3 is 9.47 Å². The summed E-state index contributed by atoms with van der Waals surface area (Å²) in [5.41, 5.74) is -1.01. The second-order valence-electron chi connectivity index (χ2n) is 4.97. The molecule has 0 N–H and O–H groups in total. The zero-order valence-corrected chi connectivity index (χ0v) is 15.5. The van der Waals surface area contributed by atoms with Gasteiger partial charge in [0.15, 0.2) is 11.5 Å². The Morgan fingerprint density at radius 3 is 1.86 bits per heavy atom. The van der Waals surface area contributed by atoms with Crippen LogP contribution in [0, 0.1) is 23.3 Å². The van der Waals surface area contributed by atoms with E-state index < -0.39 is 21.8 Å². The third kappa shape index (κ3) is 6.03. The zero-order chi connectivity index (χ0) is 18.0. The van der Waals surface area contributed by atoms with Crippen molar-refractivity contribution in [3.05, 3.63) is 11.4 Å². The minimum absolute atomic E-state index is 0.218. The maximum atomic E-state index is 11.3. The van der Waals surface area contributed by atoms with Crippen molar-refractivity contribution < 1.29 is 19.1 Å². The summed E-state index contributed by atoms with van der Waals surface area (Å²) in [7, 11) is 2.64. The Kier molecular flexibility index (Phi) is 10.5. The molecule has 0 spiro atoms. The molecule has 0 aliphatic heterocycles. The molecule has 0 aliphatic rings. The van der Waals surface area contributed by atoms with Gasteiger partial charge in [0.2, 0.25) is 0 Å². The van der Waals surface area contributed by atoms with Crippen LogP contribution >= 0.6 is 15.9 Å². The largest absolute Gasteiger partial charge is 0.468 e. The highest BCUT2D eigenvalue weighted by molar-refractivity contribution is 9.10. The topological polar surface area (TPSA) is 80.8 Å². The standard InChI is InChI=1S/C9H12N2O2.C6H11BrO2/c1-5-9(2,8(12)13-4)7(6-10)11-3;1-4-6(2,7)5(8)9-3/h7H,5H2,1-2,4H3;4H2,1-3H3. The number of esters is 2.